The van der Waals surface area contributed by atoms with Gasteiger partial charge in [-0.15, -0.1) is 0 Å². The minimum absolute atomic E-state index is 0.107. The molecule has 0 spiro atoms. The van der Waals surface area contributed by atoms with Gasteiger partial charge in [-0.1, -0.05) is 6.07 Å². The molecule has 0 fully saturated rings. The molecule has 0 aliphatic carbocycles. The Labute approximate surface area is 119 Å². The van der Waals surface area contributed by atoms with Gasteiger partial charge in [-0.2, -0.15) is 5.10 Å². The summed E-state index contributed by atoms with van der Waals surface area (Å²) in [5.74, 6) is -0.587. The van der Waals surface area contributed by atoms with Crippen LogP contribution in [0.2, 0.25) is 0 Å². The molecule has 7 nitrogen and oxygen atoms in total. The first-order chi connectivity index (χ1) is 9.45. The first-order valence-corrected chi connectivity index (χ1v) is 7.87. The molecule has 0 saturated heterocycles. The third-order valence-electron chi connectivity index (χ3n) is 2.32. The quantitative estimate of drug-likeness (QED) is 0.625. The molecule has 2 aromatic rings. The lowest BCUT2D eigenvalue weighted by molar-refractivity contribution is 0.0521. The van der Waals surface area contributed by atoms with E-state index < -0.39 is 20.0 Å². The van der Waals surface area contributed by atoms with Gasteiger partial charge in [0.25, 0.3) is 9.05 Å². The Bertz CT molecular complexity index is 727. The van der Waals surface area contributed by atoms with Crippen molar-refractivity contribution in [2.24, 2.45) is 0 Å². The fraction of sp³-hybridized carbons (Fsp3) is 0.182. The second-order valence-electron chi connectivity index (χ2n) is 3.62. The molecule has 9 heteroatoms. The van der Waals surface area contributed by atoms with Crippen molar-refractivity contribution in [1.29, 1.82) is 0 Å². The van der Waals surface area contributed by atoms with Gasteiger partial charge in [0, 0.05) is 16.9 Å². The van der Waals surface area contributed by atoms with Crippen LogP contribution in [0.5, 0.6) is 0 Å². The molecule has 0 aliphatic heterocycles. The van der Waals surface area contributed by atoms with E-state index in [0.717, 1.165) is 10.9 Å². The van der Waals surface area contributed by atoms with Crippen LogP contribution in [-0.2, 0) is 13.8 Å². The van der Waals surface area contributed by atoms with Crippen LogP contribution in [0, 0.1) is 0 Å². The number of nitrogens with zero attached hydrogens (tertiary/aromatic N) is 3. The van der Waals surface area contributed by atoms with Crippen molar-refractivity contribution in [2.45, 2.75) is 11.9 Å². The monoisotopic (exact) mass is 315 g/mol. The molecule has 0 radical (unpaired) electrons. The maximum atomic E-state index is 11.7. The maximum absolute atomic E-state index is 11.7. The van der Waals surface area contributed by atoms with Gasteiger partial charge < -0.3 is 4.74 Å². The summed E-state index contributed by atoms with van der Waals surface area (Å²) >= 11 is 0. The van der Waals surface area contributed by atoms with Crippen LogP contribution in [0.3, 0.4) is 0 Å². The van der Waals surface area contributed by atoms with E-state index in [1.54, 1.807) is 19.1 Å². The molecular weight excluding hydrogens is 306 g/mol. The summed E-state index contributed by atoms with van der Waals surface area (Å²) in [6.45, 7) is 1.71. The molecule has 0 aliphatic rings. The van der Waals surface area contributed by atoms with Gasteiger partial charge in [0.15, 0.2) is 10.8 Å². The number of carbonyl (C=O) groups is 1. The largest absolute Gasteiger partial charge is 0.462 e. The molecule has 106 valence electrons. The summed E-state index contributed by atoms with van der Waals surface area (Å²) in [7, 11) is 1.18. The van der Waals surface area contributed by atoms with E-state index in [-0.39, 0.29) is 18.0 Å². The molecule has 0 aromatic carbocycles. The zero-order chi connectivity index (χ0) is 14.8. The lowest BCUT2D eigenvalue weighted by atomic mass is 10.4. The Kier molecular flexibility index (Phi) is 4.05. The number of esters is 1. The smallest absolute Gasteiger partial charge is 0.342 e. The van der Waals surface area contributed by atoms with Gasteiger partial charge in [-0.3, -0.25) is 0 Å². The average Bonchev–Trinajstić information content (AvgIpc) is 2.84. The normalized spacial score (nSPS) is 11.3. The number of ether oxygens (including phenoxy) is 1. The van der Waals surface area contributed by atoms with E-state index in [9.17, 15) is 13.2 Å². The van der Waals surface area contributed by atoms with Crippen molar-refractivity contribution in [3.05, 3.63) is 36.2 Å². The molecule has 0 amide bonds. The molecule has 2 aromatic heterocycles. The minimum Gasteiger partial charge on any atom is -0.462 e. The lowest BCUT2D eigenvalue weighted by Gasteiger charge is -2.05. The van der Waals surface area contributed by atoms with E-state index in [1.807, 2.05) is 0 Å². The second kappa shape index (κ2) is 5.59. The zero-order valence-corrected chi connectivity index (χ0v) is 11.9. The molecule has 0 saturated carbocycles. The first-order valence-electron chi connectivity index (χ1n) is 5.56. The third-order valence-corrected chi connectivity index (χ3v) is 3.61. The van der Waals surface area contributed by atoms with Gasteiger partial charge in [-0.25, -0.2) is 22.9 Å². The van der Waals surface area contributed by atoms with Gasteiger partial charge in [0.05, 0.1) is 12.8 Å². The highest BCUT2D eigenvalue weighted by Crippen LogP contribution is 2.23. The van der Waals surface area contributed by atoms with Crippen molar-refractivity contribution in [1.82, 2.24) is 14.8 Å². The highest BCUT2D eigenvalue weighted by Gasteiger charge is 2.28. The van der Waals surface area contributed by atoms with Crippen LogP contribution in [-0.4, -0.2) is 35.8 Å². The Balaban J connectivity index is 2.64. The van der Waals surface area contributed by atoms with E-state index >= 15 is 0 Å². The first kappa shape index (κ1) is 14.5. The number of hydrogen-bond donors (Lipinski definition) is 0. The molecule has 2 heterocycles. The molecule has 0 unspecified atom stereocenters. The highest BCUT2D eigenvalue weighted by molar-refractivity contribution is 8.13. The standard InChI is InChI=1S/C11H10ClN3O4S/c1-2-19-11(16)8-7-14-15(10(8)20(12,17)18)9-5-3-4-6-13-9/h3-7H,2H2,1H3. The van der Waals surface area contributed by atoms with E-state index in [0.29, 0.717) is 0 Å². The molecule has 0 bridgehead atoms. The Hall–Kier alpha value is -1.93. The highest BCUT2D eigenvalue weighted by atomic mass is 35.7. The average molecular weight is 316 g/mol. The second-order valence-corrected chi connectivity index (χ2v) is 6.10. The zero-order valence-electron chi connectivity index (χ0n) is 10.4. The Morgan fingerprint density at radius 3 is 2.75 bits per heavy atom. The lowest BCUT2D eigenvalue weighted by Crippen LogP contribution is -2.12. The SMILES string of the molecule is CCOC(=O)c1cnn(-c2ccccn2)c1S(=O)(=O)Cl. The summed E-state index contributed by atoms with van der Waals surface area (Å²) in [5, 5.41) is 3.38. The Morgan fingerprint density at radius 2 is 2.20 bits per heavy atom. The minimum atomic E-state index is -4.20. The topological polar surface area (TPSA) is 91.2 Å². The molecular formula is C11H10ClN3O4S. The van der Waals surface area contributed by atoms with Gasteiger partial charge in [0.2, 0.25) is 0 Å². The van der Waals surface area contributed by atoms with E-state index in [2.05, 4.69) is 10.1 Å². The van der Waals surface area contributed by atoms with Crippen LogP contribution in [0.1, 0.15) is 17.3 Å². The van der Waals surface area contributed by atoms with Crippen LogP contribution >= 0.6 is 10.7 Å². The predicted octanol–water partition coefficient (Wildman–Crippen LogP) is 1.37. The fourth-order valence-corrected chi connectivity index (χ4v) is 2.75. The van der Waals surface area contributed by atoms with Crippen LogP contribution < -0.4 is 0 Å². The molecule has 0 atom stereocenters. The van der Waals surface area contributed by atoms with Gasteiger partial charge >= 0.3 is 5.97 Å². The maximum Gasteiger partial charge on any atom is 0.342 e. The van der Waals surface area contributed by atoms with Gasteiger partial charge in [0.1, 0.15) is 5.56 Å². The van der Waals surface area contributed by atoms with E-state index in [4.69, 9.17) is 15.4 Å². The van der Waals surface area contributed by atoms with Crippen molar-refractivity contribution in [2.75, 3.05) is 6.61 Å². The summed E-state index contributed by atoms with van der Waals surface area (Å²) in [6, 6.07) is 4.85. The van der Waals surface area contributed by atoms with E-state index in [1.165, 1.54) is 12.3 Å². The van der Waals surface area contributed by atoms with Crippen LogP contribution in [0.25, 0.3) is 5.82 Å². The predicted molar refractivity (Wildman–Crippen MR) is 70.4 cm³/mol. The number of pyridine rings is 1. The molecule has 0 N–H and O–H groups in total. The Morgan fingerprint density at radius 1 is 1.45 bits per heavy atom. The van der Waals surface area contributed by atoms with Crippen molar-refractivity contribution < 1.29 is 17.9 Å². The number of carbonyl (C=O) groups excluding carboxylic acids is 1. The van der Waals surface area contributed by atoms with Gasteiger partial charge in [-0.05, 0) is 19.1 Å². The summed E-state index contributed by atoms with van der Waals surface area (Å²) in [6.07, 6.45) is 2.55. The van der Waals surface area contributed by atoms with Crippen molar-refractivity contribution in [3.8, 4) is 5.82 Å². The van der Waals surface area contributed by atoms with Crippen molar-refractivity contribution in [3.63, 3.8) is 0 Å². The fourth-order valence-electron chi connectivity index (χ4n) is 1.56. The number of halogens is 1. The third kappa shape index (κ3) is 2.81. The van der Waals surface area contributed by atoms with Crippen LogP contribution in [0.15, 0.2) is 35.6 Å². The summed E-state index contributed by atoms with van der Waals surface area (Å²) in [5.41, 5.74) is -0.229. The number of rotatable bonds is 4. The molecule has 2 rings (SSSR count). The summed E-state index contributed by atoms with van der Waals surface area (Å²) in [4.78, 5) is 15.7. The van der Waals surface area contributed by atoms with Crippen molar-refractivity contribution >= 4 is 25.7 Å². The number of aromatic nitrogens is 3. The summed E-state index contributed by atoms with van der Waals surface area (Å²) < 4.78 is 29.1. The number of hydrogen-bond acceptors (Lipinski definition) is 6. The van der Waals surface area contributed by atoms with Crippen LogP contribution in [0.4, 0.5) is 0 Å². The molecule has 20 heavy (non-hydrogen) atoms.